The number of hydrogen-bond donors (Lipinski definition) is 1. The standard InChI is InChI=1S/C28H28N4O2S/c1-19-8-9-21(16-20(19)2)27-24(18-32(30-27)23-6-4-3-5-7-23)28(34)29-13-10-26(33)31-14-11-25-22(17-31)12-15-35-25/h3-9,12,15-16,18H,10-11,13-14,17H2,1-2H3,(H,29,34). The lowest BCUT2D eigenvalue weighted by atomic mass is 10.0. The second-order valence-corrected chi connectivity index (χ2v) is 9.91. The molecule has 0 saturated carbocycles. The second-order valence-electron chi connectivity index (χ2n) is 8.91. The molecule has 1 aliphatic heterocycles. The van der Waals surface area contributed by atoms with Crippen LogP contribution in [0.15, 0.2) is 66.2 Å². The minimum atomic E-state index is -0.230. The molecule has 6 nitrogen and oxygen atoms in total. The van der Waals surface area contributed by atoms with Crippen molar-refractivity contribution in [1.29, 1.82) is 0 Å². The predicted molar refractivity (Wildman–Crippen MR) is 139 cm³/mol. The molecule has 0 aliphatic carbocycles. The van der Waals surface area contributed by atoms with Gasteiger partial charge in [0.25, 0.3) is 5.91 Å². The Kier molecular flexibility index (Phi) is 6.51. The van der Waals surface area contributed by atoms with Crippen LogP contribution in [0.3, 0.4) is 0 Å². The van der Waals surface area contributed by atoms with Gasteiger partial charge in [0.05, 0.1) is 11.3 Å². The smallest absolute Gasteiger partial charge is 0.255 e. The van der Waals surface area contributed by atoms with Gasteiger partial charge in [-0.1, -0.05) is 30.3 Å². The van der Waals surface area contributed by atoms with E-state index >= 15 is 0 Å². The maximum Gasteiger partial charge on any atom is 0.255 e. The second kappa shape index (κ2) is 9.88. The average molecular weight is 485 g/mol. The lowest BCUT2D eigenvalue weighted by molar-refractivity contribution is -0.131. The van der Waals surface area contributed by atoms with Gasteiger partial charge in [0, 0.05) is 42.7 Å². The minimum absolute atomic E-state index is 0.0662. The largest absolute Gasteiger partial charge is 0.351 e. The van der Waals surface area contributed by atoms with Crippen molar-refractivity contribution in [2.45, 2.75) is 33.2 Å². The average Bonchev–Trinajstić information content (AvgIpc) is 3.53. The molecule has 1 aliphatic rings. The monoisotopic (exact) mass is 484 g/mol. The van der Waals surface area contributed by atoms with Crippen LogP contribution in [0.2, 0.25) is 0 Å². The third kappa shape index (κ3) is 4.91. The van der Waals surface area contributed by atoms with Gasteiger partial charge in [-0.2, -0.15) is 5.10 Å². The zero-order valence-electron chi connectivity index (χ0n) is 20.0. The van der Waals surface area contributed by atoms with Gasteiger partial charge in [-0.05, 0) is 66.6 Å². The highest BCUT2D eigenvalue weighted by Gasteiger charge is 2.22. The van der Waals surface area contributed by atoms with Crippen LogP contribution in [0.5, 0.6) is 0 Å². The zero-order chi connectivity index (χ0) is 24.4. The Labute approximate surface area is 209 Å². The normalized spacial score (nSPS) is 12.9. The molecule has 7 heteroatoms. The van der Waals surface area contributed by atoms with Gasteiger partial charge in [0.1, 0.15) is 5.69 Å². The highest BCUT2D eigenvalue weighted by molar-refractivity contribution is 7.10. The van der Waals surface area contributed by atoms with E-state index < -0.39 is 0 Å². The van der Waals surface area contributed by atoms with Crippen LogP contribution >= 0.6 is 11.3 Å². The van der Waals surface area contributed by atoms with Crippen LogP contribution in [0.4, 0.5) is 0 Å². The molecule has 4 aromatic rings. The van der Waals surface area contributed by atoms with Gasteiger partial charge in [-0.15, -0.1) is 11.3 Å². The lowest BCUT2D eigenvalue weighted by Crippen LogP contribution is -2.37. The van der Waals surface area contributed by atoms with Crippen molar-refractivity contribution in [3.8, 4) is 16.9 Å². The summed E-state index contributed by atoms with van der Waals surface area (Å²) in [6.07, 6.45) is 2.94. The Morgan fingerprint density at radius 3 is 2.69 bits per heavy atom. The van der Waals surface area contributed by atoms with Crippen LogP contribution in [-0.4, -0.2) is 39.6 Å². The summed E-state index contributed by atoms with van der Waals surface area (Å²) in [7, 11) is 0. The summed E-state index contributed by atoms with van der Waals surface area (Å²) >= 11 is 1.76. The number of aromatic nitrogens is 2. The SMILES string of the molecule is Cc1ccc(-c2nn(-c3ccccc3)cc2C(=O)NCCC(=O)N2CCc3sccc3C2)cc1C. The fraction of sp³-hybridized carbons (Fsp3) is 0.250. The highest BCUT2D eigenvalue weighted by Crippen LogP contribution is 2.26. The van der Waals surface area contributed by atoms with Crippen LogP contribution in [0.25, 0.3) is 16.9 Å². The number of nitrogens with one attached hydrogen (secondary N) is 1. The molecule has 5 rings (SSSR count). The first-order valence-electron chi connectivity index (χ1n) is 11.8. The van der Waals surface area contributed by atoms with E-state index in [2.05, 4.69) is 36.7 Å². The molecule has 0 radical (unpaired) electrons. The highest BCUT2D eigenvalue weighted by atomic mass is 32.1. The maximum atomic E-state index is 13.2. The van der Waals surface area contributed by atoms with Crippen LogP contribution in [-0.2, 0) is 17.8 Å². The lowest BCUT2D eigenvalue weighted by Gasteiger charge is -2.27. The van der Waals surface area contributed by atoms with E-state index in [1.54, 1.807) is 22.2 Å². The van der Waals surface area contributed by atoms with Gasteiger partial charge < -0.3 is 10.2 Å². The van der Waals surface area contributed by atoms with E-state index in [1.807, 2.05) is 47.4 Å². The Hall–Kier alpha value is -3.71. The molecule has 2 aromatic carbocycles. The quantitative estimate of drug-likeness (QED) is 0.422. The Morgan fingerprint density at radius 2 is 1.89 bits per heavy atom. The summed E-state index contributed by atoms with van der Waals surface area (Å²) in [4.78, 5) is 29.2. The summed E-state index contributed by atoms with van der Waals surface area (Å²) < 4.78 is 1.73. The minimum Gasteiger partial charge on any atom is -0.351 e. The van der Waals surface area contributed by atoms with E-state index in [4.69, 9.17) is 5.10 Å². The number of aryl methyl sites for hydroxylation is 2. The van der Waals surface area contributed by atoms with Gasteiger partial charge in [0.2, 0.25) is 5.91 Å². The first-order chi connectivity index (χ1) is 17.0. The van der Waals surface area contributed by atoms with Crippen molar-refractivity contribution in [2.24, 2.45) is 0 Å². The summed E-state index contributed by atoms with van der Waals surface area (Å²) in [6, 6.07) is 17.9. The van der Waals surface area contributed by atoms with E-state index in [1.165, 1.54) is 16.0 Å². The fourth-order valence-corrected chi connectivity index (χ4v) is 5.24. The molecule has 2 amide bonds. The van der Waals surface area contributed by atoms with Crippen molar-refractivity contribution < 1.29 is 9.59 Å². The first-order valence-corrected chi connectivity index (χ1v) is 12.7. The molecule has 1 N–H and O–H groups in total. The van der Waals surface area contributed by atoms with Crippen molar-refractivity contribution >= 4 is 23.2 Å². The van der Waals surface area contributed by atoms with E-state index in [9.17, 15) is 9.59 Å². The summed E-state index contributed by atoms with van der Waals surface area (Å²) in [5.74, 6) is -0.163. The number of benzene rings is 2. The molecule has 0 spiro atoms. The topological polar surface area (TPSA) is 67.2 Å². The molecule has 0 unspecified atom stereocenters. The molecule has 0 saturated heterocycles. The number of fused-ring (bicyclic) bond motifs is 1. The fourth-order valence-electron chi connectivity index (χ4n) is 4.35. The van der Waals surface area contributed by atoms with Crippen LogP contribution in [0, 0.1) is 13.8 Å². The van der Waals surface area contributed by atoms with Gasteiger partial charge in [-0.25, -0.2) is 4.68 Å². The molecule has 0 atom stereocenters. The molecule has 35 heavy (non-hydrogen) atoms. The summed E-state index contributed by atoms with van der Waals surface area (Å²) in [5.41, 5.74) is 6.46. The van der Waals surface area contributed by atoms with E-state index in [-0.39, 0.29) is 24.8 Å². The molecule has 0 bridgehead atoms. The van der Waals surface area contributed by atoms with E-state index in [0.717, 1.165) is 29.8 Å². The molecular formula is C28H28N4O2S. The molecule has 178 valence electrons. The first kappa shape index (κ1) is 23.1. The Bertz CT molecular complexity index is 1370. The number of rotatable bonds is 6. The molecular weight excluding hydrogens is 456 g/mol. The third-order valence-corrected chi connectivity index (χ3v) is 7.57. The molecule has 3 heterocycles. The number of nitrogens with zero attached hydrogens (tertiary/aromatic N) is 3. The van der Waals surface area contributed by atoms with Gasteiger partial charge in [-0.3, -0.25) is 9.59 Å². The Balaban J connectivity index is 1.31. The van der Waals surface area contributed by atoms with Crippen molar-refractivity contribution in [1.82, 2.24) is 20.0 Å². The van der Waals surface area contributed by atoms with Crippen LogP contribution in [0.1, 0.15) is 38.3 Å². The van der Waals surface area contributed by atoms with E-state index in [0.29, 0.717) is 17.8 Å². The number of para-hydroxylation sites is 1. The molecule has 2 aromatic heterocycles. The summed E-state index contributed by atoms with van der Waals surface area (Å²) in [6.45, 7) is 5.80. The van der Waals surface area contributed by atoms with Crippen LogP contribution < -0.4 is 5.32 Å². The Morgan fingerprint density at radius 1 is 1.06 bits per heavy atom. The third-order valence-electron chi connectivity index (χ3n) is 6.54. The number of thiophene rings is 1. The number of amides is 2. The summed E-state index contributed by atoms with van der Waals surface area (Å²) in [5, 5.41) is 9.79. The number of carbonyl (C=O) groups excluding carboxylic acids is 2. The zero-order valence-corrected chi connectivity index (χ0v) is 20.8. The van der Waals surface area contributed by atoms with Crippen molar-refractivity contribution in [3.05, 3.63) is 93.3 Å². The van der Waals surface area contributed by atoms with Gasteiger partial charge >= 0.3 is 0 Å². The maximum absolute atomic E-state index is 13.2. The number of carbonyl (C=O) groups is 2. The predicted octanol–water partition coefficient (Wildman–Crippen LogP) is 4.92. The van der Waals surface area contributed by atoms with Crippen molar-refractivity contribution in [2.75, 3.05) is 13.1 Å². The molecule has 0 fully saturated rings. The number of hydrogen-bond acceptors (Lipinski definition) is 4. The van der Waals surface area contributed by atoms with Gasteiger partial charge in [0.15, 0.2) is 0 Å². The van der Waals surface area contributed by atoms with Crippen molar-refractivity contribution in [3.63, 3.8) is 0 Å².